The molecule has 0 aliphatic rings. The van der Waals surface area contributed by atoms with Gasteiger partial charge >= 0.3 is 0 Å². The third kappa shape index (κ3) is 4.08. The van der Waals surface area contributed by atoms with Crippen LogP contribution in [0.3, 0.4) is 0 Å². The van der Waals surface area contributed by atoms with Crippen molar-refractivity contribution in [2.45, 2.75) is 25.4 Å². The smallest absolute Gasteiger partial charge is 0.0538 e. The number of hydrogen-bond acceptors (Lipinski definition) is 4. The van der Waals surface area contributed by atoms with Gasteiger partial charge in [0.25, 0.3) is 0 Å². The van der Waals surface area contributed by atoms with Crippen molar-refractivity contribution < 1.29 is 0 Å². The molecule has 0 aromatic carbocycles. The van der Waals surface area contributed by atoms with Gasteiger partial charge in [0.05, 0.1) is 12.2 Å². The summed E-state index contributed by atoms with van der Waals surface area (Å²) in [5.74, 6) is 0. The van der Waals surface area contributed by atoms with E-state index in [1.807, 2.05) is 17.9 Å². The lowest BCUT2D eigenvalue weighted by atomic mass is 9.99. The van der Waals surface area contributed by atoms with Crippen LogP contribution in [0.2, 0.25) is 0 Å². The van der Waals surface area contributed by atoms with Crippen LogP contribution < -0.4 is 5.73 Å². The summed E-state index contributed by atoms with van der Waals surface area (Å²) in [6.45, 7) is 4.16. The number of aromatic nitrogens is 2. The number of aryl methyl sites for hydroxylation is 1. The van der Waals surface area contributed by atoms with Crippen LogP contribution in [0.1, 0.15) is 24.9 Å². The van der Waals surface area contributed by atoms with Crippen molar-refractivity contribution in [2.24, 2.45) is 12.8 Å². The van der Waals surface area contributed by atoms with Gasteiger partial charge in [0.15, 0.2) is 0 Å². The third-order valence-electron chi connectivity index (χ3n) is 3.32. The molecule has 5 heteroatoms. The highest BCUT2D eigenvalue weighted by molar-refractivity contribution is 5.13. The van der Waals surface area contributed by atoms with E-state index in [2.05, 4.69) is 49.2 Å². The van der Waals surface area contributed by atoms with Gasteiger partial charge in [-0.25, -0.2) is 0 Å². The Morgan fingerprint density at radius 3 is 2.44 bits per heavy atom. The van der Waals surface area contributed by atoms with Crippen LogP contribution in [0.4, 0.5) is 0 Å². The van der Waals surface area contributed by atoms with Gasteiger partial charge in [-0.2, -0.15) is 5.10 Å². The normalized spacial score (nSPS) is 15.3. The zero-order chi connectivity index (χ0) is 13.7. The van der Waals surface area contributed by atoms with Crippen LogP contribution >= 0.6 is 0 Å². The summed E-state index contributed by atoms with van der Waals surface area (Å²) < 4.78 is 1.84. The van der Waals surface area contributed by atoms with Crippen molar-refractivity contribution in [1.82, 2.24) is 19.6 Å². The first-order chi connectivity index (χ1) is 8.45. The molecule has 0 aliphatic heterocycles. The Kier molecular flexibility index (Phi) is 5.78. The van der Waals surface area contributed by atoms with E-state index in [0.717, 1.165) is 19.5 Å². The standard InChI is InChI=1S/C13H27N5/c1-6-12(14)13(11-9-15-18(5)10-11)17(4)8-7-16(2)3/h9-10,12-13H,6-8,14H2,1-5H3. The highest BCUT2D eigenvalue weighted by atomic mass is 15.3. The van der Waals surface area contributed by atoms with Gasteiger partial charge in [-0.3, -0.25) is 9.58 Å². The van der Waals surface area contributed by atoms with E-state index in [4.69, 9.17) is 5.73 Å². The molecule has 0 saturated heterocycles. The summed E-state index contributed by atoms with van der Waals surface area (Å²) in [5.41, 5.74) is 7.48. The minimum absolute atomic E-state index is 0.140. The van der Waals surface area contributed by atoms with Crippen molar-refractivity contribution in [2.75, 3.05) is 34.2 Å². The molecule has 0 spiro atoms. The van der Waals surface area contributed by atoms with Gasteiger partial charge in [0.1, 0.15) is 0 Å². The fraction of sp³-hybridized carbons (Fsp3) is 0.769. The Balaban J connectivity index is 2.78. The average Bonchev–Trinajstić information content (AvgIpc) is 2.73. The quantitative estimate of drug-likeness (QED) is 0.777. The molecule has 18 heavy (non-hydrogen) atoms. The molecule has 0 radical (unpaired) electrons. The molecule has 1 heterocycles. The first-order valence-corrected chi connectivity index (χ1v) is 6.54. The van der Waals surface area contributed by atoms with Crippen LogP contribution in [0.25, 0.3) is 0 Å². The fourth-order valence-corrected chi connectivity index (χ4v) is 2.14. The maximum Gasteiger partial charge on any atom is 0.0538 e. The molecule has 2 unspecified atom stereocenters. The molecule has 0 amide bonds. The molecule has 1 rings (SSSR count). The Morgan fingerprint density at radius 2 is 2.00 bits per heavy atom. The molecular weight excluding hydrogens is 226 g/mol. The second-order valence-electron chi connectivity index (χ2n) is 5.25. The largest absolute Gasteiger partial charge is 0.326 e. The predicted octanol–water partition coefficient (Wildman–Crippen LogP) is 0.692. The molecule has 0 fully saturated rings. The summed E-state index contributed by atoms with van der Waals surface area (Å²) in [6, 6.07) is 0.380. The molecule has 104 valence electrons. The van der Waals surface area contributed by atoms with Crippen molar-refractivity contribution >= 4 is 0 Å². The number of rotatable bonds is 7. The van der Waals surface area contributed by atoms with E-state index < -0.39 is 0 Å². The van der Waals surface area contributed by atoms with Crippen LogP contribution in [0, 0.1) is 0 Å². The summed E-state index contributed by atoms with van der Waals surface area (Å²) >= 11 is 0. The predicted molar refractivity (Wildman–Crippen MR) is 75.4 cm³/mol. The topological polar surface area (TPSA) is 50.3 Å². The minimum atomic E-state index is 0.140. The number of hydrogen-bond donors (Lipinski definition) is 1. The third-order valence-corrected chi connectivity index (χ3v) is 3.32. The number of nitrogens with zero attached hydrogens (tertiary/aromatic N) is 4. The van der Waals surface area contributed by atoms with Crippen molar-refractivity contribution in [1.29, 1.82) is 0 Å². The van der Waals surface area contributed by atoms with Crippen molar-refractivity contribution in [3.8, 4) is 0 Å². The molecule has 2 N–H and O–H groups in total. The lowest BCUT2D eigenvalue weighted by Crippen LogP contribution is -2.41. The monoisotopic (exact) mass is 253 g/mol. The van der Waals surface area contributed by atoms with Crippen molar-refractivity contribution in [3.05, 3.63) is 18.0 Å². The van der Waals surface area contributed by atoms with Gasteiger partial charge in [-0.15, -0.1) is 0 Å². The fourth-order valence-electron chi connectivity index (χ4n) is 2.14. The SMILES string of the molecule is CCC(N)C(c1cnn(C)c1)N(C)CCN(C)C. The van der Waals surface area contributed by atoms with E-state index in [1.54, 1.807) is 0 Å². The minimum Gasteiger partial charge on any atom is -0.326 e. The molecular formula is C13H27N5. The van der Waals surface area contributed by atoms with Gasteiger partial charge < -0.3 is 10.6 Å². The molecule has 5 nitrogen and oxygen atoms in total. The van der Waals surface area contributed by atoms with Crippen LogP contribution in [-0.4, -0.2) is 59.9 Å². The Bertz CT molecular complexity index is 347. The van der Waals surface area contributed by atoms with Crippen LogP contribution in [0.5, 0.6) is 0 Å². The second-order valence-corrected chi connectivity index (χ2v) is 5.25. The van der Waals surface area contributed by atoms with Gasteiger partial charge in [0, 0.05) is 37.9 Å². The molecule has 0 bridgehead atoms. The molecule has 1 aromatic rings. The van der Waals surface area contributed by atoms with E-state index in [9.17, 15) is 0 Å². The Labute approximate surface area is 111 Å². The summed E-state index contributed by atoms with van der Waals surface area (Å²) in [4.78, 5) is 4.51. The zero-order valence-electron chi connectivity index (χ0n) is 12.3. The average molecular weight is 253 g/mol. The van der Waals surface area contributed by atoms with Gasteiger partial charge in [0.2, 0.25) is 0 Å². The van der Waals surface area contributed by atoms with Crippen LogP contribution in [0.15, 0.2) is 12.4 Å². The molecule has 0 saturated carbocycles. The van der Waals surface area contributed by atoms with Crippen molar-refractivity contribution in [3.63, 3.8) is 0 Å². The molecule has 2 atom stereocenters. The highest BCUT2D eigenvalue weighted by Crippen LogP contribution is 2.23. The number of nitrogens with two attached hydrogens (primary N) is 1. The van der Waals surface area contributed by atoms with Gasteiger partial charge in [-0.1, -0.05) is 6.92 Å². The molecule has 0 aliphatic carbocycles. The maximum atomic E-state index is 6.27. The summed E-state index contributed by atoms with van der Waals surface area (Å²) in [5, 5.41) is 4.26. The van der Waals surface area contributed by atoms with E-state index in [0.29, 0.717) is 0 Å². The molecule has 1 aromatic heterocycles. The lowest BCUT2D eigenvalue weighted by molar-refractivity contribution is 0.191. The Morgan fingerprint density at radius 1 is 1.33 bits per heavy atom. The summed E-state index contributed by atoms with van der Waals surface area (Å²) in [7, 11) is 8.26. The highest BCUT2D eigenvalue weighted by Gasteiger charge is 2.24. The van der Waals surface area contributed by atoms with Gasteiger partial charge in [-0.05, 0) is 27.6 Å². The number of likely N-dealkylation sites (N-methyl/N-ethyl adjacent to an activating group) is 2. The maximum absolute atomic E-state index is 6.27. The lowest BCUT2D eigenvalue weighted by Gasteiger charge is -2.32. The van der Waals surface area contributed by atoms with E-state index in [1.165, 1.54) is 5.56 Å². The first-order valence-electron chi connectivity index (χ1n) is 6.54. The first kappa shape index (κ1) is 15.1. The van der Waals surface area contributed by atoms with E-state index in [-0.39, 0.29) is 12.1 Å². The zero-order valence-corrected chi connectivity index (χ0v) is 12.3. The Hall–Kier alpha value is -0.910. The van der Waals surface area contributed by atoms with E-state index >= 15 is 0 Å². The second kappa shape index (κ2) is 6.87. The van der Waals surface area contributed by atoms with Crippen LogP contribution in [-0.2, 0) is 7.05 Å². The summed E-state index contributed by atoms with van der Waals surface area (Å²) in [6.07, 6.45) is 4.95.